The highest BCUT2D eigenvalue weighted by Gasteiger charge is 2.28. The molecule has 1 heterocycles. The summed E-state index contributed by atoms with van der Waals surface area (Å²) in [5.74, 6) is -1.08. The zero-order valence-electron chi connectivity index (χ0n) is 10.8. The molecule has 0 aromatic carbocycles. The monoisotopic (exact) mass is 262 g/mol. The minimum absolute atomic E-state index is 0.0836. The van der Waals surface area contributed by atoms with Crippen LogP contribution in [-0.4, -0.2) is 39.5 Å². The Labute approximate surface area is 112 Å². The number of carbonyl (C=O) groups is 2. The van der Waals surface area contributed by atoms with E-state index >= 15 is 0 Å². The molecule has 1 aromatic heterocycles. The molecule has 5 heteroatoms. The van der Waals surface area contributed by atoms with Crippen molar-refractivity contribution in [1.29, 1.82) is 0 Å². The summed E-state index contributed by atoms with van der Waals surface area (Å²) in [4.78, 5) is 28.7. The number of carbonyl (C=O) groups excluding carboxylic acids is 1. The Balaban J connectivity index is 2.04. The molecule has 0 radical (unpaired) electrons. The van der Waals surface area contributed by atoms with E-state index in [1.54, 1.807) is 18.5 Å². The quantitative estimate of drug-likeness (QED) is 0.872. The Morgan fingerprint density at radius 3 is 2.68 bits per heavy atom. The molecule has 0 saturated heterocycles. The average molecular weight is 262 g/mol. The zero-order valence-corrected chi connectivity index (χ0v) is 10.8. The van der Waals surface area contributed by atoms with Gasteiger partial charge in [-0.15, -0.1) is 0 Å². The maximum atomic E-state index is 12.3. The lowest BCUT2D eigenvalue weighted by molar-refractivity contribution is -0.145. The Morgan fingerprint density at radius 1 is 1.37 bits per heavy atom. The van der Waals surface area contributed by atoms with Crippen molar-refractivity contribution in [3.63, 3.8) is 0 Å². The van der Waals surface area contributed by atoms with Gasteiger partial charge in [-0.3, -0.25) is 14.6 Å². The Bertz CT molecular complexity index is 441. The van der Waals surface area contributed by atoms with Crippen LogP contribution in [0, 0.1) is 0 Å². The Hall–Kier alpha value is -1.91. The normalized spacial score (nSPS) is 15.4. The van der Waals surface area contributed by atoms with Gasteiger partial charge < -0.3 is 10.0 Å². The number of pyridine rings is 1. The van der Waals surface area contributed by atoms with Gasteiger partial charge in [0, 0.05) is 18.4 Å². The van der Waals surface area contributed by atoms with Gasteiger partial charge in [0.05, 0.1) is 6.42 Å². The summed E-state index contributed by atoms with van der Waals surface area (Å²) >= 11 is 0. The predicted molar refractivity (Wildman–Crippen MR) is 69.5 cm³/mol. The molecule has 1 N–H and O–H groups in total. The molecular weight excluding hydrogens is 244 g/mol. The third-order valence-corrected chi connectivity index (χ3v) is 3.47. The van der Waals surface area contributed by atoms with Crippen LogP contribution in [0.2, 0.25) is 0 Å². The van der Waals surface area contributed by atoms with E-state index in [2.05, 4.69) is 4.98 Å². The van der Waals surface area contributed by atoms with Crippen LogP contribution in [0.25, 0.3) is 0 Å². The van der Waals surface area contributed by atoms with Crippen molar-refractivity contribution < 1.29 is 14.7 Å². The summed E-state index contributed by atoms with van der Waals surface area (Å²) in [7, 11) is 0. The van der Waals surface area contributed by atoms with E-state index in [9.17, 15) is 9.59 Å². The van der Waals surface area contributed by atoms with Gasteiger partial charge in [-0.05, 0) is 24.5 Å². The molecule has 0 aliphatic heterocycles. The first-order valence-corrected chi connectivity index (χ1v) is 6.57. The molecule has 1 amide bonds. The number of hydrogen-bond donors (Lipinski definition) is 1. The minimum atomic E-state index is -0.952. The van der Waals surface area contributed by atoms with E-state index in [1.165, 1.54) is 4.90 Å². The number of carboxylic acid groups (broad SMARTS) is 1. The van der Waals surface area contributed by atoms with Gasteiger partial charge in [0.15, 0.2) is 0 Å². The highest BCUT2D eigenvalue weighted by Crippen LogP contribution is 2.24. The molecule has 1 aliphatic rings. The fourth-order valence-corrected chi connectivity index (χ4v) is 2.56. The summed E-state index contributed by atoms with van der Waals surface area (Å²) in [5.41, 5.74) is 0.820. The lowest BCUT2D eigenvalue weighted by Gasteiger charge is -2.27. The van der Waals surface area contributed by atoms with Crippen LogP contribution in [0.15, 0.2) is 24.5 Å². The van der Waals surface area contributed by atoms with Crippen molar-refractivity contribution in [2.24, 2.45) is 0 Å². The lowest BCUT2D eigenvalue weighted by Crippen LogP contribution is -2.43. The van der Waals surface area contributed by atoms with Gasteiger partial charge in [0.2, 0.25) is 5.91 Å². The van der Waals surface area contributed by atoms with Crippen molar-refractivity contribution in [3.05, 3.63) is 30.1 Å². The molecule has 0 bridgehead atoms. The number of aliphatic carboxylic acids is 1. The second kappa shape index (κ2) is 6.31. The topological polar surface area (TPSA) is 70.5 Å². The second-order valence-electron chi connectivity index (χ2n) is 4.89. The molecule has 0 unspecified atom stereocenters. The predicted octanol–water partition coefficient (Wildman–Crippen LogP) is 1.48. The number of nitrogens with zero attached hydrogens (tertiary/aromatic N) is 2. The fraction of sp³-hybridized carbons (Fsp3) is 0.500. The van der Waals surface area contributed by atoms with Crippen LogP contribution < -0.4 is 0 Å². The van der Waals surface area contributed by atoms with Crippen LogP contribution in [0.5, 0.6) is 0 Å². The van der Waals surface area contributed by atoms with Gasteiger partial charge in [0.1, 0.15) is 6.54 Å². The van der Waals surface area contributed by atoms with Crippen molar-refractivity contribution in [2.45, 2.75) is 38.1 Å². The van der Waals surface area contributed by atoms with Gasteiger partial charge in [-0.2, -0.15) is 0 Å². The second-order valence-corrected chi connectivity index (χ2v) is 4.89. The molecular formula is C14H18N2O3. The average Bonchev–Trinajstić information content (AvgIpc) is 2.90. The van der Waals surface area contributed by atoms with Gasteiger partial charge in [-0.1, -0.05) is 18.9 Å². The van der Waals surface area contributed by atoms with Crippen molar-refractivity contribution in [3.8, 4) is 0 Å². The number of aromatic nitrogens is 1. The number of carboxylic acids is 1. The molecule has 0 spiro atoms. The first kappa shape index (κ1) is 13.5. The summed E-state index contributed by atoms with van der Waals surface area (Å²) in [6.07, 6.45) is 7.48. The molecule has 1 aromatic rings. The van der Waals surface area contributed by atoms with Crippen molar-refractivity contribution in [2.75, 3.05) is 6.54 Å². The van der Waals surface area contributed by atoms with Crippen LogP contribution >= 0.6 is 0 Å². The maximum Gasteiger partial charge on any atom is 0.323 e. The molecule has 1 aliphatic carbocycles. The van der Waals surface area contributed by atoms with Gasteiger partial charge in [-0.25, -0.2) is 0 Å². The molecule has 1 fully saturated rings. The smallest absolute Gasteiger partial charge is 0.323 e. The van der Waals surface area contributed by atoms with Crippen LogP contribution in [0.1, 0.15) is 31.2 Å². The Kier molecular flexibility index (Phi) is 4.49. The third kappa shape index (κ3) is 3.77. The number of hydrogen-bond acceptors (Lipinski definition) is 3. The van der Waals surface area contributed by atoms with E-state index in [0.29, 0.717) is 0 Å². The van der Waals surface area contributed by atoms with Crippen LogP contribution in [0.3, 0.4) is 0 Å². The fourth-order valence-electron chi connectivity index (χ4n) is 2.56. The van der Waals surface area contributed by atoms with E-state index in [4.69, 9.17) is 5.11 Å². The third-order valence-electron chi connectivity index (χ3n) is 3.47. The van der Waals surface area contributed by atoms with Gasteiger partial charge >= 0.3 is 5.97 Å². The van der Waals surface area contributed by atoms with Gasteiger partial charge in [0.25, 0.3) is 0 Å². The van der Waals surface area contributed by atoms with E-state index in [0.717, 1.165) is 31.2 Å². The number of amides is 1. The zero-order chi connectivity index (χ0) is 13.7. The molecule has 19 heavy (non-hydrogen) atoms. The van der Waals surface area contributed by atoms with E-state index < -0.39 is 5.97 Å². The summed E-state index contributed by atoms with van der Waals surface area (Å²) < 4.78 is 0. The van der Waals surface area contributed by atoms with Crippen molar-refractivity contribution in [1.82, 2.24) is 9.88 Å². The van der Waals surface area contributed by atoms with E-state index in [-0.39, 0.29) is 24.9 Å². The first-order chi connectivity index (χ1) is 9.16. The largest absolute Gasteiger partial charge is 0.480 e. The van der Waals surface area contributed by atoms with Crippen LogP contribution in [0.4, 0.5) is 0 Å². The SMILES string of the molecule is O=C(O)CN(C(=O)Cc1cccnc1)C1CCCC1. The molecule has 5 nitrogen and oxygen atoms in total. The standard InChI is InChI=1S/C14H18N2O3/c17-13(8-11-4-3-7-15-9-11)16(10-14(18)19)12-5-1-2-6-12/h3-4,7,9,12H,1-2,5-6,8,10H2,(H,18,19). The first-order valence-electron chi connectivity index (χ1n) is 6.57. The molecule has 2 rings (SSSR count). The summed E-state index contributed by atoms with van der Waals surface area (Å²) in [6, 6.07) is 3.69. The number of rotatable bonds is 5. The molecule has 0 atom stereocenters. The highest BCUT2D eigenvalue weighted by molar-refractivity contribution is 5.83. The minimum Gasteiger partial charge on any atom is -0.480 e. The maximum absolute atomic E-state index is 12.3. The lowest BCUT2D eigenvalue weighted by atomic mass is 10.1. The highest BCUT2D eigenvalue weighted by atomic mass is 16.4. The summed E-state index contributed by atoms with van der Waals surface area (Å²) in [5, 5.41) is 8.95. The molecule has 102 valence electrons. The summed E-state index contributed by atoms with van der Waals surface area (Å²) in [6.45, 7) is -0.205. The van der Waals surface area contributed by atoms with E-state index in [1.807, 2.05) is 6.07 Å². The Morgan fingerprint density at radius 2 is 2.11 bits per heavy atom. The van der Waals surface area contributed by atoms with Crippen molar-refractivity contribution >= 4 is 11.9 Å². The molecule has 1 saturated carbocycles. The van der Waals surface area contributed by atoms with Crippen LogP contribution in [-0.2, 0) is 16.0 Å².